The van der Waals surface area contributed by atoms with Crippen molar-refractivity contribution < 1.29 is 4.39 Å². The molecule has 1 aliphatic carbocycles. The van der Waals surface area contributed by atoms with Gasteiger partial charge < -0.3 is 0 Å². The lowest BCUT2D eigenvalue weighted by molar-refractivity contribution is 0.0869. The average Bonchev–Trinajstić information content (AvgIpc) is 2.27. The van der Waals surface area contributed by atoms with Gasteiger partial charge in [0.05, 0.1) is 0 Å². The maximum Gasteiger partial charge on any atom is 0.122 e. The van der Waals surface area contributed by atoms with Gasteiger partial charge in [-0.05, 0) is 31.6 Å². The van der Waals surface area contributed by atoms with Crippen molar-refractivity contribution in [3.63, 3.8) is 0 Å². The molecule has 1 nitrogen and oxygen atoms in total. The maximum atomic E-state index is 13.5. The van der Waals surface area contributed by atoms with Crippen molar-refractivity contribution in [1.29, 1.82) is 0 Å². The highest BCUT2D eigenvalue weighted by Gasteiger charge is 2.39. The molecule has 2 fully saturated rings. The van der Waals surface area contributed by atoms with Crippen molar-refractivity contribution in [2.45, 2.75) is 45.2 Å². The van der Waals surface area contributed by atoms with Crippen molar-refractivity contribution in [3.05, 3.63) is 0 Å². The molecule has 0 aromatic carbocycles. The third-order valence-electron chi connectivity index (χ3n) is 3.67. The number of alkyl halides is 1. The molecule has 1 saturated carbocycles. The Labute approximate surface area is 80.3 Å². The number of nitrogens with zero attached hydrogens (tertiary/aromatic N) is 1. The first-order chi connectivity index (χ1) is 5.99. The van der Waals surface area contributed by atoms with E-state index in [9.17, 15) is 4.39 Å². The van der Waals surface area contributed by atoms with Crippen molar-refractivity contribution in [3.8, 4) is 0 Å². The molecule has 1 saturated heterocycles. The molecular weight excluding hydrogens is 165 g/mol. The lowest BCUT2D eigenvalue weighted by Gasteiger charge is -2.41. The highest BCUT2D eigenvalue weighted by atomic mass is 19.1. The summed E-state index contributed by atoms with van der Waals surface area (Å²) in [5.74, 6) is 0. The van der Waals surface area contributed by atoms with E-state index in [1.807, 2.05) is 0 Å². The third kappa shape index (κ3) is 2.04. The normalized spacial score (nSPS) is 39.0. The summed E-state index contributed by atoms with van der Waals surface area (Å²) in [5.41, 5.74) is -0.402. The van der Waals surface area contributed by atoms with Crippen LogP contribution in [0.4, 0.5) is 4.39 Å². The van der Waals surface area contributed by atoms with E-state index in [1.165, 1.54) is 19.3 Å². The second kappa shape index (κ2) is 2.94. The molecule has 0 aromatic rings. The van der Waals surface area contributed by atoms with Crippen molar-refractivity contribution in [2.75, 3.05) is 19.6 Å². The Morgan fingerprint density at radius 1 is 1.23 bits per heavy atom. The Morgan fingerprint density at radius 3 is 2.31 bits per heavy atom. The Kier molecular flexibility index (Phi) is 2.14. The minimum absolute atomic E-state index is 0.514. The topological polar surface area (TPSA) is 3.24 Å². The monoisotopic (exact) mass is 185 g/mol. The molecule has 1 aliphatic heterocycles. The van der Waals surface area contributed by atoms with Crippen LogP contribution in [0.5, 0.6) is 0 Å². The minimum atomic E-state index is -0.917. The first-order valence-corrected chi connectivity index (χ1v) is 5.41. The molecule has 1 unspecified atom stereocenters. The van der Waals surface area contributed by atoms with Crippen LogP contribution < -0.4 is 0 Å². The number of hydrogen-bond donors (Lipinski definition) is 0. The number of hydrogen-bond acceptors (Lipinski definition) is 1. The second-order valence-electron chi connectivity index (χ2n) is 5.54. The molecule has 2 heteroatoms. The van der Waals surface area contributed by atoms with Gasteiger partial charge in [-0.2, -0.15) is 0 Å². The highest BCUT2D eigenvalue weighted by molar-refractivity contribution is 4.92. The zero-order valence-corrected chi connectivity index (χ0v) is 8.77. The summed E-state index contributed by atoms with van der Waals surface area (Å²) in [5, 5.41) is 0. The summed E-state index contributed by atoms with van der Waals surface area (Å²) in [7, 11) is 0. The summed E-state index contributed by atoms with van der Waals surface area (Å²) in [4.78, 5) is 2.30. The first kappa shape index (κ1) is 9.45. The van der Waals surface area contributed by atoms with E-state index in [2.05, 4.69) is 11.8 Å². The predicted octanol–water partition coefficient (Wildman–Crippen LogP) is 2.61. The van der Waals surface area contributed by atoms with Gasteiger partial charge in [0.15, 0.2) is 0 Å². The molecule has 0 amide bonds. The zero-order chi connectivity index (χ0) is 9.53. The van der Waals surface area contributed by atoms with Crippen LogP contribution in [0, 0.1) is 5.41 Å². The van der Waals surface area contributed by atoms with Crippen molar-refractivity contribution in [1.82, 2.24) is 4.90 Å². The van der Waals surface area contributed by atoms with Crippen LogP contribution >= 0.6 is 0 Å². The van der Waals surface area contributed by atoms with Crippen LogP contribution in [0.2, 0.25) is 0 Å². The fourth-order valence-corrected chi connectivity index (χ4v) is 2.63. The van der Waals surface area contributed by atoms with Crippen LogP contribution in [0.15, 0.2) is 0 Å². The van der Waals surface area contributed by atoms with Gasteiger partial charge in [0.2, 0.25) is 0 Å². The van der Waals surface area contributed by atoms with E-state index in [0.29, 0.717) is 12.0 Å². The second-order valence-corrected chi connectivity index (χ2v) is 5.54. The fourth-order valence-electron chi connectivity index (χ4n) is 2.63. The standard InChI is InChI=1S/C11H20FN/c1-10(4-3-5-10)8-13-7-6-11(2,12)9-13/h3-9H2,1-2H3. The zero-order valence-electron chi connectivity index (χ0n) is 8.77. The lowest BCUT2D eigenvalue weighted by Crippen LogP contribution is -2.40. The smallest absolute Gasteiger partial charge is 0.122 e. The van der Waals surface area contributed by atoms with Gasteiger partial charge >= 0.3 is 0 Å². The van der Waals surface area contributed by atoms with E-state index in [-0.39, 0.29) is 0 Å². The van der Waals surface area contributed by atoms with Crippen LogP contribution in [0.25, 0.3) is 0 Å². The summed E-state index contributed by atoms with van der Waals surface area (Å²) in [6.45, 7) is 6.80. The summed E-state index contributed by atoms with van der Waals surface area (Å²) in [6.07, 6.45) is 4.78. The Morgan fingerprint density at radius 2 is 1.92 bits per heavy atom. The average molecular weight is 185 g/mol. The van der Waals surface area contributed by atoms with E-state index < -0.39 is 5.67 Å². The molecule has 76 valence electrons. The van der Waals surface area contributed by atoms with Gasteiger partial charge in [-0.25, -0.2) is 4.39 Å². The van der Waals surface area contributed by atoms with Gasteiger partial charge in [0.25, 0.3) is 0 Å². The molecule has 2 rings (SSSR count). The maximum absolute atomic E-state index is 13.5. The molecular formula is C11H20FN. The molecule has 13 heavy (non-hydrogen) atoms. The van der Waals surface area contributed by atoms with Crippen LogP contribution in [-0.2, 0) is 0 Å². The Bertz CT molecular complexity index is 196. The fraction of sp³-hybridized carbons (Fsp3) is 1.00. The molecule has 0 bridgehead atoms. The minimum Gasteiger partial charge on any atom is -0.300 e. The number of rotatable bonds is 2. The van der Waals surface area contributed by atoms with Crippen LogP contribution in [0.3, 0.4) is 0 Å². The van der Waals surface area contributed by atoms with Crippen LogP contribution in [0.1, 0.15) is 39.5 Å². The van der Waals surface area contributed by atoms with E-state index >= 15 is 0 Å². The first-order valence-electron chi connectivity index (χ1n) is 5.41. The van der Waals surface area contributed by atoms with E-state index in [4.69, 9.17) is 0 Å². The summed E-state index contributed by atoms with van der Waals surface area (Å²) in [6, 6.07) is 0. The largest absolute Gasteiger partial charge is 0.300 e. The molecule has 0 radical (unpaired) electrons. The van der Waals surface area contributed by atoms with Gasteiger partial charge in [-0.1, -0.05) is 13.3 Å². The third-order valence-corrected chi connectivity index (χ3v) is 3.67. The molecule has 0 aromatic heterocycles. The molecule has 1 atom stereocenters. The lowest BCUT2D eigenvalue weighted by atomic mass is 9.70. The number of halogens is 1. The van der Waals surface area contributed by atoms with Gasteiger partial charge in [0, 0.05) is 19.6 Å². The van der Waals surface area contributed by atoms with Gasteiger partial charge in [-0.3, -0.25) is 4.90 Å². The predicted molar refractivity (Wildman–Crippen MR) is 52.5 cm³/mol. The van der Waals surface area contributed by atoms with Gasteiger partial charge in [-0.15, -0.1) is 0 Å². The highest BCUT2D eigenvalue weighted by Crippen LogP contribution is 2.42. The SMILES string of the molecule is CC1(F)CCN(CC2(C)CCC2)C1. The van der Waals surface area contributed by atoms with Crippen LogP contribution in [-0.4, -0.2) is 30.2 Å². The molecule has 0 spiro atoms. The Hall–Kier alpha value is -0.110. The summed E-state index contributed by atoms with van der Waals surface area (Å²) >= 11 is 0. The Balaban J connectivity index is 1.83. The quantitative estimate of drug-likeness (QED) is 0.639. The number of likely N-dealkylation sites (tertiary alicyclic amines) is 1. The van der Waals surface area contributed by atoms with Crippen molar-refractivity contribution >= 4 is 0 Å². The van der Waals surface area contributed by atoms with Crippen molar-refractivity contribution in [2.24, 2.45) is 5.41 Å². The molecule has 1 heterocycles. The van der Waals surface area contributed by atoms with E-state index in [1.54, 1.807) is 6.92 Å². The van der Waals surface area contributed by atoms with Gasteiger partial charge in [0.1, 0.15) is 5.67 Å². The summed E-state index contributed by atoms with van der Waals surface area (Å²) < 4.78 is 13.5. The van der Waals surface area contributed by atoms with E-state index in [0.717, 1.165) is 19.5 Å². The molecule has 0 N–H and O–H groups in total. The molecule has 2 aliphatic rings.